The lowest BCUT2D eigenvalue weighted by atomic mass is 9.97. The lowest BCUT2D eigenvalue weighted by Crippen LogP contribution is -2.08. The minimum atomic E-state index is -4.64. The van der Waals surface area contributed by atoms with Gasteiger partial charge in [-0.05, 0) is 113 Å². The molecule has 8 heteroatoms. The fraction of sp³-hybridized carbons (Fsp3) is 0.0192. The number of nitriles is 3. The molecule has 0 spiro atoms. The van der Waals surface area contributed by atoms with Crippen LogP contribution in [-0.4, -0.2) is 9.13 Å². The summed E-state index contributed by atoms with van der Waals surface area (Å²) < 4.78 is 48.2. The first-order chi connectivity index (χ1) is 29.2. The normalized spacial score (nSPS) is 11.5. The van der Waals surface area contributed by atoms with Crippen molar-refractivity contribution in [2.45, 2.75) is 6.18 Å². The van der Waals surface area contributed by atoms with Gasteiger partial charge in [0.15, 0.2) is 0 Å². The smallest absolute Gasteiger partial charge is 0.309 e. The van der Waals surface area contributed by atoms with Gasteiger partial charge in [0.2, 0.25) is 0 Å². The molecule has 10 rings (SSSR count). The summed E-state index contributed by atoms with van der Waals surface area (Å²) in [5, 5.41) is 33.0. The standard InChI is InChI=1S/C52H28F3N5/c53-52(54,55)39-18-19-42(51(28-39)60-47-14-4-2-12-41(47)45-27-38(17-22-50(45)60)36-10-6-8-33(24-36)30-57)43-25-34(31-58)15-20-48(43)59-46-13-3-1-11-40(46)44-26-37(16-21-49(44)59)35-9-5-7-32(23-35)29-56/h1-28H. The van der Waals surface area contributed by atoms with E-state index in [-0.39, 0.29) is 0 Å². The summed E-state index contributed by atoms with van der Waals surface area (Å²) in [4.78, 5) is 0. The van der Waals surface area contributed by atoms with E-state index in [0.717, 1.165) is 60.9 Å². The van der Waals surface area contributed by atoms with E-state index in [4.69, 9.17) is 0 Å². The number of para-hydroxylation sites is 2. The van der Waals surface area contributed by atoms with Crippen LogP contribution in [0.15, 0.2) is 170 Å². The van der Waals surface area contributed by atoms with Gasteiger partial charge in [-0.25, -0.2) is 0 Å². The van der Waals surface area contributed by atoms with Crippen molar-refractivity contribution in [1.29, 1.82) is 15.8 Å². The summed E-state index contributed by atoms with van der Waals surface area (Å²) in [5.41, 5.74) is 9.35. The van der Waals surface area contributed by atoms with Crippen LogP contribution in [0.25, 0.3) is 88.4 Å². The van der Waals surface area contributed by atoms with Crippen molar-refractivity contribution < 1.29 is 13.2 Å². The molecule has 2 heterocycles. The Morgan fingerprint density at radius 2 is 0.850 bits per heavy atom. The number of alkyl halides is 3. The van der Waals surface area contributed by atoms with E-state index in [2.05, 4.69) is 28.8 Å². The Hall–Kier alpha value is -8.38. The van der Waals surface area contributed by atoms with E-state index < -0.39 is 11.7 Å². The molecule has 10 aromatic rings. The molecule has 2 aromatic heterocycles. The molecule has 0 saturated carbocycles. The molecule has 0 saturated heterocycles. The van der Waals surface area contributed by atoms with Gasteiger partial charge in [-0.15, -0.1) is 0 Å². The van der Waals surface area contributed by atoms with Crippen LogP contribution in [-0.2, 0) is 6.18 Å². The average Bonchev–Trinajstić information content (AvgIpc) is 3.80. The molecule has 5 nitrogen and oxygen atoms in total. The number of halogens is 3. The first kappa shape index (κ1) is 36.0. The second kappa shape index (κ2) is 13.9. The first-order valence-electron chi connectivity index (χ1n) is 19.1. The summed E-state index contributed by atoms with van der Waals surface area (Å²) in [6.07, 6.45) is -4.64. The van der Waals surface area contributed by atoms with Crippen molar-refractivity contribution in [3.05, 3.63) is 192 Å². The van der Waals surface area contributed by atoms with Gasteiger partial charge >= 0.3 is 6.18 Å². The van der Waals surface area contributed by atoms with E-state index in [1.54, 1.807) is 24.3 Å². The molecule has 0 radical (unpaired) electrons. The van der Waals surface area contributed by atoms with Gasteiger partial charge in [0.25, 0.3) is 0 Å². The number of aromatic nitrogens is 2. The zero-order chi connectivity index (χ0) is 41.1. The third-order valence-corrected chi connectivity index (χ3v) is 11.2. The molecule has 0 fully saturated rings. The lowest BCUT2D eigenvalue weighted by Gasteiger charge is -2.20. The van der Waals surface area contributed by atoms with Crippen LogP contribution in [0.1, 0.15) is 22.3 Å². The van der Waals surface area contributed by atoms with Crippen molar-refractivity contribution in [3.8, 4) is 63.0 Å². The van der Waals surface area contributed by atoms with Gasteiger partial charge in [-0.1, -0.05) is 78.9 Å². The SMILES string of the molecule is N#Cc1cccc(-c2ccc3c(c2)c2ccccc2n3-c2ccc(C#N)cc2-c2ccc(C(F)(F)F)cc2-n2c3ccccc3c3cc(-c4cccc(C#N)c4)ccc32)c1. The van der Waals surface area contributed by atoms with Gasteiger partial charge < -0.3 is 9.13 Å². The molecular formula is C52H28F3N5. The van der Waals surface area contributed by atoms with Crippen molar-refractivity contribution in [3.63, 3.8) is 0 Å². The maximum atomic E-state index is 14.7. The van der Waals surface area contributed by atoms with Crippen molar-refractivity contribution in [2.24, 2.45) is 0 Å². The van der Waals surface area contributed by atoms with E-state index in [1.807, 2.05) is 126 Å². The number of benzene rings is 8. The third-order valence-electron chi connectivity index (χ3n) is 11.2. The van der Waals surface area contributed by atoms with Crippen molar-refractivity contribution in [2.75, 3.05) is 0 Å². The van der Waals surface area contributed by atoms with E-state index in [9.17, 15) is 29.0 Å². The topological polar surface area (TPSA) is 81.2 Å². The summed E-state index contributed by atoms with van der Waals surface area (Å²) in [7, 11) is 0. The molecule has 0 N–H and O–H groups in total. The predicted molar refractivity (Wildman–Crippen MR) is 231 cm³/mol. The Morgan fingerprint density at radius 1 is 0.367 bits per heavy atom. The molecule has 60 heavy (non-hydrogen) atoms. The van der Waals surface area contributed by atoms with Crippen LogP contribution in [0.4, 0.5) is 13.2 Å². The molecule has 0 atom stereocenters. The zero-order valence-electron chi connectivity index (χ0n) is 31.5. The predicted octanol–water partition coefficient (Wildman–Crippen LogP) is 13.5. The van der Waals surface area contributed by atoms with Gasteiger partial charge in [0.05, 0.1) is 73.9 Å². The number of fused-ring (bicyclic) bond motifs is 6. The lowest BCUT2D eigenvalue weighted by molar-refractivity contribution is -0.137. The van der Waals surface area contributed by atoms with Crippen LogP contribution >= 0.6 is 0 Å². The molecule has 0 aliphatic rings. The van der Waals surface area contributed by atoms with Crippen LogP contribution in [0.5, 0.6) is 0 Å². The van der Waals surface area contributed by atoms with E-state index >= 15 is 0 Å². The highest BCUT2D eigenvalue weighted by molar-refractivity contribution is 6.12. The van der Waals surface area contributed by atoms with Crippen LogP contribution in [0.3, 0.4) is 0 Å². The largest absolute Gasteiger partial charge is 0.416 e. The molecule has 0 aliphatic heterocycles. The Labute approximate surface area is 341 Å². The number of rotatable bonds is 5. The monoisotopic (exact) mass is 779 g/mol. The van der Waals surface area contributed by atoms with Crippen LogP contribution in [0.2, 0.25) is 0 Å². The summed E-state index contributed by atoms with van der Waals surface area (Å²) >= 11 is 0. The van der Waals surface area contributed by atoms with Crippen LogP contribution in [0, 0.1) is 34.0 Å². The quantitative estimate of drug-likeness (QED) is 0.174. The van der Waals surface area contributed by atoms with Crippen molar-refractivity contribution >= 4 is 43.6 Å². The molecule has 0 bridgehead atoms. The second-order valence-corrected chi connectivity index (χ2v) is 14.6. The number of nitrogens with zero attached hydrogens (tertiary/aromatic N) is 5. The van der Waals surface area contributed by atoms with E-state index in [0.29, 0.717) is 50.2 Å². The molecule has 0 amide bonds. The molecule has 0 aliphatic carbocycles. The highest BCUT2D eigenvalue weighted by Crippen LogP contribution is 2.44. The number of hydrogen-bond acceptors (Lipinski definition) is 3. The molecule has 282 valence electrons. The fourth-order valence-electron chi connectivity index (χ4n) is 8.50. The molecular weight excluding hydrogens is 752 g/mol. The highest BCUT2D eigenvalue weighted by atomic mass is 19.4. The van der Waals surface area contributed by atoms with E-state index in [1.165, 1.54) is 12.1 Å². The fourth-order valence-corrected chi connectivity index (χ4v) is 8.50. The average molecular weight is 780 g/mol. The van der Waals surface area contributed by atoms with Crippen molar-refractivity contribution in [1.82, 2.24) is 9.13 Å². The van der Waals surface area contributed by atoms with Gasteiger partial charge in [-0.2, -0.15) is 29.0 Å². The Bertz CT molecular complexity index is 3530. The van der Waals surface area contributed by atoms with Gasteiger partial charge in [-0.3, -0.25) is 0 Å². The Kier molecular flexibility index (Phi) is 8.35. The molecule has 8 aromatic carbocycles. The van der Waals surface area contributed by atoms with Gasteiger partial charge in [0.1, 0.15) is 0 Å². The Morgan fingerprint density at radius 3 is 1.38 bits per heavy atom. The Balaban J connectivity index is 1.26. The summed E-state index contributed by atoms with van der Waals surface area (Å²) in [5.74, 6) is 0. The van der Waals surface area contributed by atoms with Gasteiger partial charge in [0, 0.05) is 32.7 Å². The zero-order valence-corrected chi connectivity index (χ0v) is 31.5. The third kappa shape index (κ3) is 5.85. The first-order valence-corrected chi connectivity index (χ1v) is 19.1. The maximum Gasteiger partial charge on any atom is 0.416 e. The minimum absolute atomic E-state index is 0.298. The number of hydrogen-bond donors (Lipinski definition) is 0. The summed E-state index contributed by atoms with van der Waals surface area (Å²) in [6.45, 7) is 0. The second-order valence-electron chi connectivity index (χ2n) is 14.6. The van der Waals surface area contributed by atoms with Crippen LogP contribution < -0.4 is 0 Å². The molecule has 0 unspecified atom stereocenters. The minimum Gasteiger partial charge on any atom is -0.309 e. The maximum absolute atomic E-state index is 14.7. The highest BCUT2D eigenvalue weighted by Gasteiger charge is 2.32. The summed E-state index contributed by atoms with van der Waals surface area (Å²) in [6, 6.07) is 58.2.